The molecule has 0 aromatic carbocycles. The van der Waals surface area contributed by atoms with Crippen LogP contribution in [0.3, 0.4) is 0 Å². The molecule has 0 aromatic heterocycles. The molecule has 1 aliphatic heterocycles. The summed E-state index contributed by atoms with van der Waals surface area (Å²) in [5.41, 5.74) is 6.27. The number of nitrogens with two attached hydrogens (primary N) is 1. The van der Waals surface area contributed by atoms with E-state index in [1.807, 2.05) is 7.11 Å². The summed E-state index contributed by atoms with van der Waals surface area (Å²) in [5.74, 6) is 4.17. The molecular weight excluding hydrogens is 324 g/mol. The SMILES string of the molecule is COC1C(C(C)C)CC(C[C@H]2C(O)NC3CCC(N)CC32)CC1C(C)C. The van der Waals surface area contributed by atoms with Gasteiger partial charge in [0.2, 0.25) is 0 Å². The standard InChI is InChI=1S/C22H42N2O2/c1-12(2)16-8-14(9-17(13(3)4)21(16)26-5)10-19-18-11-15(23)6-7-20(18)24-22(19)25/h12-22,24-25H,6-11,23H2,1-5H3/t14?,15?,16?,17?,18?,19-,20?,21?,22?/m1/s1. The summed E-state index contributed by atoms with van der Waals surface area (Å²) in [6, 6.07) is 0.800. The lowest BCUT2D eigenvalue weighted by molar-refractivity contribution is -0.0725. The van der Waals surface area contributed by atoms with E-state index < -0.39 is 0 Å². The summed E-state index contributed by atoms with van der Waals surface area (Å²) in [6.45, 7) is 9.38. The topological polar surface area (TPSA) is 67.5 Å². The zero-order valence-electron chi connectivity index (χ0n) is 17.5. The predicted molar refractivity (Wildman–Crippen MR) is 107 cm³/mol. The van der Waals surface area contributed by atoms with Crippen molar-refractivity contribution in [3.63, 3.8) is 0 Å². The van der Waals surface area contributed by atoms with Crippen molar-refractivity contribution in [3.05, 3.63) is 0 Å². The molecule has 3 rings (SSSR count). The third kappa shape index (κ3) is 4.14. The van der Waals surface area contributed by atoms with E-state index in [4.69, 9.17) is 10.5 Å². The molecule has 152 valence electrons. The first-order chi connectivity index (χ1) is 12.3. The molecule has 6 unspecified atom stereocenters. The van der Waals surface area contributed by atoms with E-state index >= 15 is 0 Å². The number of aliphatic hydroxyl groups is 1. The Kier molecular flexibility index (Phi) is 6.70. The third-order valence-electron chi connectivity index (χ3n) is 7.93. The molecule has 3 fully saturated rings. The maximum absolute atomic E-state index is 10.7. The van der Waals surface area contributed by atoms with Gasteiger partial charge in [0.1, 0.15) is 6.23 Å². The Labute approximate surface area is 160 Å². The van der Waals surface area contributed by atoms with Gasteiger partial charge in [0.25, 0.3) is 0 Å². The number of aliphatic hydroxyl groups excluding tert-OH is 1. The molecule has 1 heterocycles. The average Bonchev–Trinajstić information content (AvgIpc) is 2.89. The van der Waals surface area contributed by atoms with Crippen LogP contribution in [0.15, 0.2) is 0 Å². The van der Waals surface area contributed by atoms with Gasteiger partial charge in [-0.1, -0.05) is 27.7 Å². The first kappa shape index (κ1) is 20.6. The second-order valence-corrected chi connectivity index (χ2v) is 10.2. The maximum atomic E-state index is 10.7. The van der Waals surface area contributed by atoms with E-state index in [-0.39, 0.29) is 6.23 Å². The fourth-order valence-corrected chi connectivity index (χ4v) is 6.48. The van der Waals surface area contributed by atoms with E-state index in [2.05, 4.69) is 33.0 Å². The molecule has 0 aromatic rings. The summed E-state index contributed by atoms with van der Waals surface area (Å²) in [5, 5.41) is 14.2. The van der Waals surface area contributed by atoms with Crippen LogP contribution in [0, 0.1) is 41.4 Å². The largest absolute Gasteiger partial charge is 0.381 e. The second-order valence-electron chi connectivity index (χ2n) is 10.2. The molecule has 4 nitrogen and oxygen atoms in total. The molecule has 2 aliphatic carbocycles. The van der Waals surface area contributed by atoms with Crippen LogP contribution in [0.25, 0.3) is 0 Å². The number of ether oxygens (including phenoxy) is 1. The van der Waals surface area contributed by atoms with Gasteiger partial charge in [-0.3, -0.25) is 5.32 Å². The molecular formula is C22H42N2O2. The Hall–Kier alpha value is -0.160. The van der Waals surface area contributed by atoms with Crippen LogP contribution in [-0.2, 0) is 4.74 Å². The third-order valence-corrected chi connectivity index (χ3v) is 7.93. The number of hydrogen-bond acceptors (Lipinski definition) is 4. The van der Waals surface area contributed by atoms with Crippen LogP contribution in [0.2, 0.25) is 0 Å². The molecule has 1 saturated heterocycles. The van der Waals surface area contributed by atoms with Crippen LogP contribution in [0.1, 0.15) is 66.2 Å². The number of nitrogens with one attached hydrogen (secondary N) is 1. The molecule has 0 radical (unpaired) electrons. The summed E-state index contributed by atoms with van der Waals surface area (Å²) in [4.78, 5) is 0. The van der Waals surface area contributed by atoms with Crippen LogP contribution < -0.4 is 11.1 Å². The predicted octanol–water partition coefficient (Wildman–Crippen LogP) is 3.38. The van der Waals surface area contributed by atoms with Crippen molar-refractivity contribution in [1.82, 2.24) is 5.32 Å². The molecule has 4 heteroatoms. The van der Waals surface area contributed by atoms with Crippen LogP contribution in [0.4, 0.5) is 0 Å². The summed E-state index contributed by atoms with van der Waals surface area (Å²) >= 11 is 0. The van der Waals surface area contributed by atoms with Crippen LogP contribution in [-0.4, -0.2) is 36.6 Å². The van der Waals surface area contributed by atoms with Crippen molar-refractivity contribution in [1.29, 1.82) is 0 Å². The van der Waals surface area contributed by atoms with Gasteiger partial charge in [0.05, 0.1) is 6.10 Å². The van der Waals surface area contributed by atoms with Crippen molar-refractivity contribution in [2.45, 2.75) is 90.6 Å². The Bertz CT molecular complexity index is 437. The van der Waals surface area contributed by atoms with E-state index in [1.165, 1.54) is 12.8 Å². The molecule has 0 spiro atoms. The number of rotatable bonds is 5. The minimum Gasteiger partial charge on any atom is -0.381 e. The van der Waals surface area contributed by atoms with E-state index in [0.717, 1.165) is 25.7 Å². The Morgan fingerprint density at radius 1 is 1.04 bits per heavy atom. The lowest BCUT2D eigenvalue weighted by atomic mass is 9.63. The maximum Gasteiger partial charge on any atom is 0.108 e. The van der Waals surface area contributed by atoms with Gasteiger partial charge in [-0.2, -0.15) is 0 Å². The van der Waals surface area contributed by atoms with Gasteiger partial charge < -0.3 is 15.6 Å². The monoisotopic (exact) mass is 366 g/mol. The normalized spacial score (nSPS) is 46.7. The van der Waals surface area contributed by atoms with E-state index in [9.17, 15) is 5.11 Å². The molecule has 2 saturated carbocycles. The lowest BCUT2D eigenvalue weighted by Crippen LogP contribution is -2.44. The number of methoxy groups -OCH3 is 1. The van der Waals surface area contributed by atoms with Crippen LogP contribution >= 0.6 is 0 Å². The van der Waals surface area contributed by atoms with E-state index in [1.54, 1.807) is 0 Å². The highest BCUT2D eigenvalue weighted by molar-refractivity contribution is 5.00. The quantitative estimate of drug-likeness (QED) is 0.698. The highest BCUT2D eigenvalue weighted by atomic mass is 16.5. The van der Waals surface area contributed by atoms with Gasteiger partial charge in [0.15, 0.2) is 0 Å². The van der Waals surface area contributed by atoms with Crippen molar-refractivity contribution in [3.8, 4) is 0 Å². The molecule has 3 aliphatic rings. The van der Waals surface area contributed by atoms with E-state index in [0.29, 0.717) is 59.6 Å². The van der Waals surface area contributed by atoms with Crippen molar-refractivity contribution >= 4 is 0 Å². The molecule has 0 bridgehead atoms. The Morgan fingerprint density at radius 2 is 1.65 bits per heavy atom. The minimum absolute atomic E-state index is 0.321. The van der Waals surface area contributed by atoms with Crippen molar-refractivity contribution in [2.75, 3.05) is 7.11 Å². The zero-order valence-corrected chi connectivity index (χ0v) is 17.5. The average molecular weight is 367 g/mol. The summed E-state index contributed by atoms with van der Waals surface area (Å²) in [7, 11) is 1.90. The summed E-state index contributed by atoms with van der Waals surface area (Å²) < 4.78 is 6.00. The highest BCUT2D eigenvalue weighted by Crippen LogP contribution is 2.47. The van der Waals surface area contributed by atoms with Gasteiger partial charge >= 0.3 is 0 Å². The first-order valence-electron chi connectivity index (χ1n) is 11.0. The Morgan fingerprint density at radius 3 is 2.19 bits per heavy atom. The lowest BCUT2D eigenvalue weighted by Gasteiger charge is -2.46. The summed E-state index contributed by atoms with van der Waals surface area (Å²) in [6.07, 6.45) is 6.97. The number of fused-ring (bicyclic) bond motifs is 1. The number of hydrogen-bond donors (Lipinski definition) is 3. The Balaban J connectivity index is 1.72. The minimum atomic E-state index is -0.342. The molecule has 7 atom stereocenters. The molecule has 4 N–H and O–H groups in total. The molecule has 26 heavy (non-hydrogen) atoms. The smallest absolute Gasteiger partial charge is 0.108 e. The van der Waals surface area contributed by atoms with Crippen molar-refractivity contribution in [2.24, 2.45) is 47.2 Å². The van der Waals surface area contributed by atoms with Gasteiger partial charge in [0, 0.05) is 25.1 Å². The van der Waals surface area contributed by atoms with Gasteiger partial charge in [-0.25, -0.2) is 0 Å². The van der Waals surface area contributed by atoms with Gasteiger partial charge in [-0.05, 0) is 74.0 Å². The van der Waals surface area contributed by atoms with Gasteiger partial charge in [-0.15, -0.1) is 0 Å². The fraction of sp³-hybridized carbons (Fsp3) is 1.00. The zero-order chi connectivity index (χ0) is 19.0. The van der Waals surface area contributed by atoms with Crippen molar-refractivity contribution < 1.29 is 9.84 Å². The first-order valence-corrected chi connectivity index (χ1v) is 11.0. The second kappa shape index (κ2) is 8.46. The highest BCUT2D eigenvalue weighted by Gasteiger charge is 2.47. The van der Waals surface area contributed by atoms with Crippen LogP contribution in [0.5, 0.6) is 0 Å². The fourth-order valence-electron chi connectivity index (χ4n) is 6.48. The molecule has 0 amide bonds.